The third-order valence-corrected chi connectivity index (χ3v) is 2.85. The van der Waals surface area contributed by atoms with Crippen molar-refractivity contribution < 1.29 is 13.9 Å². The van der Waals surface area contributed by atoms with Crippen LogP contribution in [0.4, 0.5) is 20.6 Å². The molecule has 0 saturated carbocycles. The Morgan fingerprint density at radius 1 is 1.10 bits per heavy atom. The minimum absolute atomic E-state index is 0.231. The predicted molar refractivity (Wildman–Crippen MR) is 80.8 cm³/mol. The van der Waals surface area contributed by atoms with E-state index in [2.05, 4.69) is 10.6 Å². The van der Waals surface area contributed by atoms with Gasteiger partial charge in [-0.2, -0.15) is 0 Å². The molecule has 21 heavy (non-hydrogen) atoms. The Hall–Kier alpha value is -2.56. The first-order valence-corrected chi connectivity index (χ1v) is 6.70. The third-order valence-electron chi connectivity index (χ3n) is 2.85. The number of carbonyl (C=O) groups is 1. The van der Waals surface area contributed by atoms with Crippen molar-refractivity contribution in [1.29, 1.82) is 0 Å². The summed E-state index contributed by atoms with van der Waals surface area (Å²) in [6, 6.07) is 13.7. The Kier molecular flexibility index (Phi) is 5.15. The first kappa shape index (κ1) is 14.8. The lowest BCUT2D eigenvalue weighted by molar-refractivity contribution is 0.168. The molecule has 0 aliphatic heterocycles. The number of ether oxygens (including phenoxy) is 1. The topological polar surface area (TPSA) is 50.4 Å². The standard InChI is InChI=1S/C16H17FN2O2/c1-2-21-16(20)19-14-9-7-13(8-10-14)18-11-12-5-3-4-6-15(12)17/h3-10,18H,2,11H2,1H3,(H,19,20). The maximum absolute atomic E-state index is 13.5. The van der Waals surface area contributed by atoms with Crippen LogP contribution in [-0.2, 0) is 11.3 Å². The van der Waals surface area contributed by atoms with Crippen molar-refractivity contribution >= 4 is 17.5 Å². The molecular formula is C16H17FN2O2. The van der Waals surface area contributed by atoms with Crippen molar-refractivity contribution in [2.45, 2.75) is 13.5 Å². The summed E-state index contributed by atoms with van der Waals surface area (Å²) in [7, 11) is 0. The molecule has 0 saturated heterocycles. The van der Waals surface area contributed by atoms with E-state index in [1.807, 2.05) is 12.1 Å². The van der Waals surface area contributed by atoms with E-state index in [9.17, 15) is 9.18 Å². The van der Waals surface area contributed by atoms with Crippen LogP contribution in [0.15, 0.2) is 48.5 Å². The Bertz CT molecular complexity index is 599. The first-order chi connectivity index (χ1) is 10.2. The summed E-state index contributed by atoms with van der Waals surface area (Å²) >= 11 is 0. The zero-order chi connectivity index (χ0) is 15.1. The van der Waals surface area contributed by atoms with Crippen LogP contribution in [0.1, 0.15) is 12.5 Å². The monoisotopic (exact) mass is 288 g/mol. The van der Waals surface area contributed by atoms with Gasteiger partial charge < -0.3 is 10.1 Å². The van der Waals surface area contributed by atoms with E-state index in [0.29, 0.717) is 24.4 Å². The van der Waals surface area contributed by atoms with Gasteiger partial charge in [0, 0.05) is 23.5 Å². The Morgan fingerprint density at radius 3 is 2.43 bits per heavy atom. The molecule has 0 atom stereocenters. The Labute approximate surface area is 122 Å². The number of hydrogen-bond donors (Lipinski definition) is 2. The van der Waals surface area contributed by atoms with Crippen LogP contribution in [-0.4, -0.2) is 12.7 Å². The lowest BCUT2D eigenvalue weighted by Crippen LogP contribution is -2.13. The fourth-order valence-corrected chi connectivity index (χ4v) is 1.80. The molecule has 0 bridgehead atoms. The smallest absolute Gasteiger partial charge is 0.411 e. The van der Waals surface area contributed by atoms with E-state index < -0.39 is 6.09 Å². The van der Waals surface area contributed by atoms with Crippen molar-refractivity contribution in [1.82, 2.24) is 0 Å². The molecule has 110 valence electrons. The quantitative estimate of drug-likeness (QED) is 0.874. The average molecular weight is 288 g/mol. The summed E-state index contributed by atoms with van der Waals surface area (Å²) in [5.41, 5.74) is 2.09. The van der Waals surface area contributed by atoms with Gasteiger partial charge in [0.25, 0.3) is 0 Å². The normalized spacial score (nSPS) is 10.0. The molecule has 0 fully saturated rings. The molecule has 2 rings (SSSR count). The van der Waals surface area contributed by atoms with E-state index in [1.165, 1.54) is 6.07 Å². The highest BCUT2D eigenvalue weighted by molar-refractivity contribution is 5.84. The molecule has 0 aliphatic rings. The van der Waals surface area contributed by atoms with Gasteiger partial charge in [0.15, 0.2) is 0 Å². The number of hydrogen-bond acceptors (Lipinski definition) is 3. The number of carbonyl (C=O) groups excluding carboxylic acids is 1. The lowest BCUT2D eigenvalue weighted by Gasteiger charge is -2.09. The van der Waals surface area contributed by atoms with E-state index in [0.717, 1.165) is 5.69 Å². The van der Waals surface area contributed by atoms with Crippen molar-refractivity contribution in [3.05, 3.63) is 59.9 Å². The number of nitrogens with one attached hydrogen (secondary N) is 2. The van der Waals surface area contributed by atoms with E-state index in [-0.39, 0.29) is 5.82 Å². The van der Waals surface area contributed by atoms with Gasteiger partial charge in [0.1, 0.15) is 5.82 Å². The van der Waals surface area contributed by atoms with Crippen molar-refractivity contribution in [3.63, 3.8) is 0 Å². The second-order valence-electron chi connectivity index (χ2n) is 4.37. The number of anilines is 2. The maximum Gasteiger partial charge on any atom is 0.411 e. The van der Waals surface area contributed by atoms with Crippen LogP contribution >= 0.6 is 0 Å². The summed E-state index contributed by atoms with van der Waals surface area (Å²) < 4.78 is 18.3. The molecule has 0 radical (unpaired) electrons. The Morgan fingerprint density at radius 2 is 1.76 bits per heavy atom. The molecule has 0 aromatic heterocycles. The second-order valence-corrected chi connectivity index (χ2v) is 4.37. The molecule has 2 aromatic rings. The van der Waals surface area contributed by atoms with Gasteiger partial charge in [0.05, 0.1) is 6.61 Å². The number of amides is 1. The molecule has 0 unspecified atom stereocenters. The van der Waals surface area contributed by atoms with Crippen molar-refractivity contribution in [3.8, 4) is 0 Å². The third kappa shape index (κ3) is 4.49. The lowest BCUT2D eigenvalue weighted by atomic mass is 10.2. The molecule has 2 aromatic carbocycles. The second kappa shape index (κ2) is 7.28. The zero-order valence-electron chi connectivity index (χ0n) is 11.7. The highest BCUT2D eigenvalue weighted by atomic mass is 19.1. The van der Waals surface area contributed by atoms with Crippen LogP contribution < -0.4 is 10.6 Å². The van der Waals surface area contributed by atoms with Gasteiger partial charge in [-0.05, 0) is 37.3 Å². The van der Waals surface area contributed by atoms with Gasteiger partial charge in [-0.3, -0.25) is 5.32 Å². The van der Waals surface area contributed by atoms with Crippen LogP contribution in [0.25, 0.3) is 0 Å². The molecule has 2 N–H and O–H groups in total. The Balaban J connectivity index is 1.91. The summed E-state index contributed by atoms with van der Waals surface area (Å²) in [5.74, 6) is -0.231. The fourth-order valence-electron chi connectivity index (χ4n) is 1.80. The minimum atomic E-state index is -0.482. The summed E-state index contributed by atoms with van der Waals surface area (Å²) in [6.45, 7) is 2.47. The first-order valence-electron chi connectivity index (χ1n) is 6.70. The van der Waals surface area contributed by atoms with Gasteiger partial charge in [-0.1, -0.05) is 18.2 Å². The zero-order valence-corrected chi connectivity index (χ0v) is 11.7. The van der Waals surface area contributed by atoms with Crippen LogP contribution in [0.2, 0.25) is 0 Å². The molecular weight excluding hydrogens is 271 g/mol. The largest absolute Gasteiger partial charge is 0.450 e. The van der Waals surface area contributed by atoms with E-state index in [4.69, 9.17) is 4.74 Å². The minimum Gasteiger partial charge on any atom is -0.450 e. The van der Waals surface area contributed by atoms with Gasteiger partial charge in [0.2, 0.25) is 0 Å². The van der Waals surface area contributed by atoms with Crippen molar-refractivity contribution in [2.75, 3.05) is 17.2 Å². The average Bonchev–Trinajstić information content (AvgIpc) is 2.48. The summed E-state index contributed by atoms with van der Waals surface area (Å²) in [5, 5.41) is 5.73. The van der Waals surface area contributed by atoms with Crippen LogP contribution in [0.5, 0.6) is 0 Å². The molecule has 4 nitrogen and oxygen atoms in total. The predicted octanol–water partition coefficient (Wildman–Crippen LogP) is 4.01. The van der Waals surface area contributed by atoms with Crippen LogP contribution in [0.3, 0.4) is 0 Å². The van der Waals surface area contributed by atoms with E-state index >= 15 is 0 Å². The number of benzene rings is 2. The molecule has 0 aliphatic carbocycles. The summed E-state index contributed by atoms with van der Waals surface area (Å²) in [6.07, 6.45) is -0.482. The van der Waals surface area contributed by atoms with Gasteiger partial charge >= 0.3 is 6.09 Å². The SMILES string of the molecule is CCOC(=O)Nc1ccc(NCc2ccccc2F)cc1. The molecule has 5 heteroatoms. The molecule has 1 amide bonds. The molecule has 0 heterocycles. The highest BCUT2D eigenvalue weighted by Crippen LogP contribution is 2.15. The summed E-state index contributed by atoms with van der Waals surface area (Å²) in [4.78, 5) is 11.3. The molecule has 0 spiro atoms. The fraction of sp³-hybridized carbons (Fsp3) is 0.188. The van der Waals surface area contributed by atoms with Crippen LogP contribution in [0, 0.1) is 5.82 Å². The number of halogens is 1. The highest BCUT2D eigenvalue weighted by Gasteiger charge is 2.03. The number of rotatable bonds is 5. The maximum atomic E-state index is 13.5. The van der Waals surface area contributed by atoms with Gasteiger partial charge in [-0.15, -0.1) is 0 Å². The van der Waals surface area contributed by atoms with Crippen molar-refractivity contribution in [2.24, 2.45) is 0 Å². The van der Waals surface area contributed by atoms with E-state index in [1.54, 1.807) is 37.3 Å². The van der Waals surface area contributed by atoms with Gasteiger partial charge in [-0.25, -0.2) is 9.18 Å².